The number of nitrogens with zero attached hydrogens (tertiary/aromatic N) is 2. The molecule has 8 nitrogen and oxygen atoms in total. The van der Waals surface area contributed by atoms with Crippen molar-refractivity contribution in [2.24, 2.45) is 0 Å². The van der Waals surface area contributed by atoms with Crippen molar-refractivity contribution in [1.82, 2.24) is 4.98 Å². The molecule has 0 amide bonds. The quantitative estimate of drug-likeness (QED) is 0.346. The first-order valence-corrected chi connectivity index (χ1v) is 9.91. The van der Waals surface area contributed by atoms with Crippen molar-refractivity contribution < 1.29 is 23.9 Å². The summed E-state index contributed by atoms with van der Waals surface area (Å²) in [5.74, 6) is -0.0601. The number of carbonyl (C=O) groups excluding carboxylic acids is 1. The van der Waals surface area contributed by atoms with E-state index < -0.39 is 10.9 Å². The molecule has 0 aliphatic carbocycles. The number of benzene rings is 1. The second kappa shape index (κ2) is 7.66. The topological polar surface area (TPSA) is 101 Å². The van der Waals surface area contributed by atoms with Crippen LogP contribution in [0.25, 0.3) is 9.88 Å². The van der Waals surface area contributed by atoms with Gasteiger partial charge in [0.1, 0.15) is 22.2 Å². The van der Waals surface area contributed by atoms with Crippen LogP contribution in [-0.4, -0.2) is 22.7 Å². The van der Waals surface area contributed by atoms with E-state index in [2.05, 4.69) is 4.98 Å². The Bertz CT molecular complexity index is 1040. The van der Waals surface area contributed by atoms with Gasteiger partial charge in [-0.15, -0.1) is 22.7 Å². The third kappa shape index (κ3) is 3.61. The lowest BCUT2D eigenvalue weighted by Gasteiger charge is -2.20. The van der Waals surface area contributed by atoms with E-state index in [1.54, 1.807) is 18.3 Å². The maximum Gasteiger partial charge on any atom is 0.350 e. The Kier molecular flexibility index (Phi) is 5.07. The minimum absolute atomic E-state index is 0.0455. The molecule has 3 heterocycles. The Morgan fingerprint density at radius 3 is 3.04 bits per heavy atom. The van der Waals surface area contributed by atoms with Gasteiger partial charge in [-0.05, 0) is 18.4 Å². The summed E-state index contributed by atoms with van der Waals surface area (Å²) in [7, 11) is 0. The molecule has 4 rings (SSSR count). The summed E-state index contributed by atoms with van der Waals surface area (Å²) in [6.07, 6.45) is 0. The molecule has 0 radical (unpaired) electrons. The smallest absolute Gasteiger partial charge is 0.350 e. The van der Waals surface area contributed by atoms with Crippen LogP contribution in [0.3, 0.4) is 0 Å². The van der Waals surface area contributed by atoms with Gasteiger partial charge in [0, 0.05) is 23.3 Å². The second-order valence-electron chi connectivity index (χ2n) is 5.95. The molecule has 0 saturated carbocycles. The minimum Gasteiger partial charge on any atom is -0.467 e. The van der Waals surface area contributed by atoms with Crippen LogP contribution in [0.4, 0.5) is 5.69 Å². The first-order chi connectivity index (χ1) is 13.5. The fourth-order valence-corrected chi connectivity index (χ4v) is 4.55. The molecule has 0 unspecified atom stereocenters. The number of thiophene rings is 1. The van der Waals surface area contributed by atoms with Gasteiger partial charge in [0.15, 0.2) is 6.79 Å². The molecule has 3 aromatic rings. The number of non-ortho nitro benzene ring substituents is 1. The molecule has 28 heavy (non-hydrogen) atoms. The standard InChI is InChI=1S/C18H14N2O6S2/c1-10-16(28-17(19-10)14-3-2-4-27-14)18(21)25-8-12-6-13(20(22)23)5-11-7-24-9-26-15(11)12/h2-6H,7-9H2,1H3. The molecule has 1 aliphatic heterocycles. The van der Waals surface area contributed by atoms with Crippen molar-refractivity contribution in [3.63, 3.8) is 0 Å². The van der Waals surface area contributed by atoms with Crippen molar-refractivity contribution in [2.45, 2.75) is 20.1 Å². The highest BCUT2D eigenvalue weighted by molar-refractivity contribution is 7.22. The normalized spacial score (nSPS) is 12.9. The maximum atomic E-state index is 12.6. The van der Waals surface area contributed by atoms with E-state index in [1.165, 1.54) is 23.5 Å². The molecule has 0 N–H and O–H groups in total. The Balaban J connectivity index is 1.55. The van der Waals surface area contributed by atoms with E-state index >= 15 is 0 Å². The lowest BCUT2D eigenvalue weighted by molar-refractivity contribution is -0.385. The Morgan fingerprint density at radius 2 is 2.29 bits per heavy atom. The molecule has 0 saturated heterocycles. The van der Waals surface area contributed by atoms with Gasteiger partial charge in [-0.2, -0.15) is 0 Å². The van der Waals surface area contributed by atoms with Crippen LogP contribution in [0.2, 0.25) is 0 Å². The van der Waals surface area contributed by atoms with E-state index in [4.69, 9.17) is 14.2 Å². The van der Waals surface area contributed by atoms with Gasteiger partial charge in [-0.1, -0.05) is 6.07 Å². The van der Waals surface area contributed by atoms with Gasteiger partial charge in [0.05, 0.1) is 22.1 Å². The molecule has 0 spiro atoms. The molecular weight excluding hydrogens is 404 g/mol. The summed E-state index contributed by atoms with van der Waals surface area (Å²) in [6.45, 7) is 1.86. The third-order valence-electron chi connectivity index (χ3n) is 4.06. The average molecular weight is 418 g/mol. The molecule has 0 atom stereocenters. The van der Waals surface area contributed by atoms with Gasteiger partial charge >= 0.3 is 5.97 Å². The van der Waals surface area contributed by atoms with Crippen LogP contribution >= 0.6 is 22.7 Å². The number of hydrogen-bond donors (Lipinski definition) is 0. The Morgan fingerprint density at radius 1 is 1.43 bits per heavy atom. The van der Waals surface area contributed by atoms with Crippen LogP contribution in [-0.2, 0) is 22.7 Å². The summed E-state index contributed by atoms with van der Waals surface area (Å²) in [5, 5.41) is 13.9. The molecule has 1 aromatic carbocycles. The number of ether oxygens (including phenoxy) is 3. The SMILES string of the molecule is Cc1nc(-c2cccs2)sc1C(=O)OCc1cc([N+](=O)[O-])cc2c1OCOC2. The number of carbonyl (C=O) groups is 1. The number of esters is 1. The van der Waals surface area contributed by atoms with Gasteiger partial charge in [0.2, 0.25) is 0 Å². The number of aryl methyl sites for hydroxylation is 1. The first-order valence-electron chi connectivity index (χ1n) is 8.22. The lowest BCUT2D eigenvalue weighted by atomic mass is 10.1. The van der Waals surface area contributed by atoms with E-state index in [1.807, 2.05) is 17.5 Å². The Hall–Kier alpha value is -2.82. The van der Waals surface area contributed by atoms with E-state index in [9.17, 15) is 14.9 Å². The largest absolute Gasteiger partial charge is 0.467 e. The number of fused-ring (bicyclic) bond motifs is 1. The predicted octanol–water partition coefficient (Wildman–Crippen LogP) is 4.31. The highest BCUT2D eigenvalue weighted by Crippen LogP contribution is 2.34. The van der Waals surface area contributed by atoms with Crippen LogP contribution in [0, 0.1) is 17.0 Å². The molecule has 144 valence electrons. The van der Waals surface area contributed by atoms with Gasteiger partial charge in [-0.3, -0.25) is 10.1 Å². The van der Waals surface area contributed by atoms with Crippen molar-refractivity contribution in [1.29, 1.82) is 0 Å². The van der Waals surface area contributed by atoms with Crippen LogP contribution < -0.4 is 4.74 Å². The zero-order chi connectivity index (χ0) is 19.7. The summed E-state index contributed by atoms with van der Waals surface area (Å²) in [6, 6.07) is 6.62. The summed E-state index contributed by atoms with van der Waals surface area (Å²) in [4.78, 5) is 29.1. The van der Waals surface area contributed by atoms with Crippen molar-refractivity contribution in [3.8, 4) is 15.6 Å². The number of rotatable bonds is 5. The number of nitro groups is 1. The zero-order valence-corrected chi connectivity index (χ0v) is 16.3. The van der Waals surface area contributed by atoms with Crippen LogP contribution in [0.1, 0.15) is 26.5 Å². The summed E-state index contributed by atoms with van der Waals surface area (Å²) < 4.78 is 16.1. The molecule has 0 fully saturated rings. The fourth-order valence-electron chi connectivity index (χ4n) is 2.79. The summed E-state index contributed by atoms with van der Waals surface area (Å²) in [5.41, 5.74) is 1.47. The third-order valence-corrected chi connectivity index (χ3v) is 6.23. The molecular formula is C18H14N2O6S2. The maximum absolute atomic E-state index is 12.6. The van der Waals surface area contributed by atoms with Gasteiger partial charge in [0.25, 0.3) is 5.69 Å². The van der Waals surface area contributed by atoms with E-state index in [-0.39, 0.29) is 25.7 Å². The fraction of sp³-hybridized carbons (Fsp3) is 0.222. The number of thiazole rings is 1. The number of nitro benzene ring substituents is 1. The minimum atomic E-state index is -0.523. The zero-order valence-electron chi connectivity index (χ0n) is 14.7. The molecule has 2 aromatic heterocycles. The highest BCUT2D eigenvalue weighted by Gasteiger charge is 2.23. The Labute approximate surface area is 167 Å². The van der Waals surface area contributed by atoms with E-state index in [0.29, 0.717) is 27.4 Å². The van der Waals surface area contributed by atoms with Crippen molar-refractivity contribution in [2.75, 3.05) is 6.79 Å². The number of hydrogen-bond acceptors (Lipinski definition) is 9. The number of aromatic nitrogens is 1. The van der Waals surface area contributed by atoms with Crippen molar-refractivity contribution in [3.05, 3.63) is 61.5 Å². The average Bonchev–Trinajstić information content (AvgIpc) is 3.35. The van der Waals surface area contributed by atoms with Gasteiger partial charge < -0.3 is 14.2 Å². The monoisotopic (exact) mass is 418 g/mol. The highest BCUT2D eigenvalue weighted by atomic mass is 32.1. The predicted molar refractivity (Wildman–Crippen MR) is 103 cm³/mol. The van der Waals surface area contributed by atoms with Crippen molar-refractivity contribution >= 4 is 34.3 Å². The first kappa shape index (κ1) is 18.5. The molecule has 0 bridgehead atoms. The van der Waals surface area contributed by atoms with Crippen LogP contribution in [0.15, 0.2) is 29.6 Å². The van der Waals surface area contributed by atoms with Crippen LogP contribution in [0.5, 0.6) is 5.75 Å². The van der Waals surface area contributed by atoms with E-state index in [0.717, 1.165) is 9.88 Å². The molecule has 1 aliphatic rings. The second-order valence-corrected chi connectivity index (χ2v) is 7.89. The molecule has 10 heteroatoms. The van der Waals surface area contributed by atoms with Gasteiger partial charge in [-0.25, -0.2) is 9.78 Å². The lowest BCUT2D eigenvalue weighted by Crippen LogP contribution is -2.15. The summed E-state index contributed by atoms with van der Waals surface area (Å²) >= 11 is 2.81.